The zero-order chi connectivity index (χ0) is 16.4. The van der Waals surface area contributed by atoms with E-state index in [0.29, 0.717) is 0 Å². The molecule has 2 aromatic heterocycles. The number of fused-ring (bicyclic) bond motifs is 3. The van der Waals surface area contributed by atoms with E-state index < -0.39 is 0 Å². The summed E-state index contributed by atoms with van der Waals surface area (Å²) in [7, 11) is 4.28. The lowest BCUT2D eigenvalue weighted by Gasteiger charge is -2.13. The van der Waals surface area contributed by atoms with Crippen molar-refractivity contribution in [2.45, 2.75) is 39.8 Å². The molecule has 0 saturated carbocycles. The van der Waals surface area contributed by atoms with E-state index in [2.05, 4.69) is 78.5 Å². The van der Waals surface area contributed by atoms with E-state index in [1.165, 1.54) is 40.3 Å². The van der Waals surface area contributed by atoms with Crippen molar-refractivity contribution in [2.24, 2.45) is 0 Å². The maximum absolute atomic E-state index is 2.50. The molecule has 24 heavy (non-hydrogen) atoms. The minimum absolute atomic E-state index is 0. The zero-order valence-corrected chi connectivity index (χ0v) is 16.8. The van der Waals surface area contributed by atoms with Crippen LogP contribution in [0.4, 0.5) is 0 Å². The summed E-state index contributed by atoms with van der Waals surface area (Å²) in [6, 6.07) is 11.1. The van der Waals surface area contributed by atoms with E-state index in [0.717, 1.165) is 19.6 Å². The Morgan fingerprint density at radius 1 is 1.08 bits per heavy atom. The van der Waals surface area contributed by atoms with Gasteiger partial charge in [-0.3, -0.25) is 0 Å². The number of benzene rings is 1. The molecule has 0 amide bonds. The molecule has 4 heteroatoms. The smallest absolute Gasteiger partial charge is 0.202 e. The number of aryl methyl sites for hydroxylation is 2. The summed E-state index contributed by atoms with van der Waals surface area (Å²) in [6.45, 7) is 7.70. The molecule has 0 fully saturated rings. The summed E-state index contributed by atoms with van der Waals surface area (Å²) in [5.41, 5.74) is 4.12. The molecule has 1 aromatic carbocycles. The first-order chi connectivity index (χ1) is 11.1. The van der Waals surface area contributed by atoms with Crippen LogP contribution in [0.1, 0.15) is 25.5 Å². The van der Waals surface area contributed by atoms with Crippen LogP contribution >= 0.6 is 0 Å². The number of hydrogen-bond donors (Lipinski definition) is 0. The summed E-state index contributed by atoms with van der Waals surface area (Å²) >= 11 is 0. The Bertz CT molecular complexity index is 820. The van der Waals surface area contributed by atoms with Crippen molar-refractivity contribution < 1.29 is 21.5 Å². The first-order valence-electron chi connectivity index (χ1n) is 8.68. The third-order valence-corrected chi connectivity index (χ3v) is 4.73. The Hall–Kier alpha value is -1.39. The van der Waals surface area contributed by atoms with Gasteiger partial charge in [0.25, 0.3) is 0 Å². The number of likely N-dealkylation sites (N-methyl/N-ethyl adjacent to an activating group) is 1. The van der Waals surface area contributed by atoms with Gasteiger partial charge in [-0.2, -0.15) is 0 Å². The summed E-state index contributed by atoms with van der Waals surface area (Å²) in [6.07, 6.45) is 4.72. The highest BCUT2D eigenvalue weighted by Gasteiger charge is 2.18. The van der Waals surface area contributed by atoms with Gasteiger partial charge in [0.2, 0.25) is 5.69 Å². The fourth-order valence-corrected chi connectivity index (χ4v) is 3.40. The molecule has 0 saturated heterocycles. The van der Waals surface area contributed by atoms with E-state index in [4.69, 9.17) is 0 Å². The quantitative estimate of drug-likeness (QED) is 0.566. The number of nitrogens with zero attached hydrogens (tertiary/aromatic N) is 3. The Morgan fingerprint density at radius 3 is 2.54 bits per heavy atom. The average Bonchev–Trinajstić information content (AvgIpc) is 2.87. The Balaban J connectivity index is 0.00000208. The molecular formula is C20H28BrN3. The monoisotopic (exact) mass is 389 g/mol. The summed E-state index contributed by atoms with van der Waals surface area (Å²) < 4.78 is 4.92. The number of halogens is 1. The number of aromatic nitrogens is 2. The van der Waals surface area contributed by atoms with E-state index in [1.807, 2.05) is 0 Å². The molecule has 0 bridgehead atoms. The van der Waals surface area contributed by atoms with Crippen LogP contribution in [0.2, 0.25) is 0 Å². The third kappa shape index (κ3) is 3.50. The largest absolute Gasteiger partial charge is 1.00 e. The molecule has 0 aliphatic carbocycles. The molecule has 0 aliphatic rings. The number of unbranched alkanes of at least 4 members (excludes halogenated alkanes) is 1. The standard InChI is InChI=1S/C20H28N3.BrH/c1-5-6-12-22-13-11-18-17-9-7-8-10-19(17)23(15-14-21(3)4)20(18)16(22)2;/h7-11,13H,5-6,12,14-15H2,1-4H3;1H/q+1;/p-1. The number of pyridine rings is 1. The molecule has 130 valence electrons. The van der Waals surface area contributed by atoms with Gasteiger partial charge >= 0.3 is 0 Å². The number of rotatable bonds is 6. The highest BCUT2D eigenvalue weighted by atomic mass is 79.9. The fraction of sp³-hybridized carbons (Fsp3) is 0.450. The Morgan fingerprint density at radius 2 is 1.83 bits per heavy atom. The lowest BCUT2D eigenvalue weighted by atomic mass is 10.1. The number of para-hydroxylation sites is 1. The SMILES string of the molecule is CCCC[n+]1ccc2c3ccccc3n(CCN(C)C)c2c1C.[Br-]. The van der Waals surface area contributed by atoms with Crippen molar-refractivity contribution in [2.75, 3.05) is 20.6 Å². The van der Waals surface area contributed by atoms with Gasteiger partial charge in [0.15, 0.2) is 6.20 Å². The molecule has 2 heterocycles. The average molecular weight is 390 g/mol. The Labute approximate surface area is 155 Å². The summed E-state index contributed by atoms with van der Waals surface area (Å²) in [5, 5.41) is 2.75. The van der Waals surface area contributed by atoms with E-state index in [9.17, 15) is 0 Å². The topological polar surface area (TPSA) is 12.0 Å². The molecular weight excluding hydrogens is 362 g/mol. The normalized spacial score (nSPS) is 11.4. The summed E-state index contributed by atoms with van der Waals surface area (Å²) in [4.78, 5) is 2.25. The predicted octanol–water partition coefficient (Wildman–Crippen LogP) is 0.756. The van der Waals surface area contributed by atoms with Crippen LogP contribution in [-0.4, -0.2) is 30.1 Å². The highest BCUT2D eigenvalue weighted by molar-refractivity contribution is 6.08. The zero-order valence-electron chi connectivity index (χ0n) is 15.2. The first-order valence-corrected chi connectivity index (χ1v) is 8.68. The van der Waals surface area contributed by atoms with Gasteiger partial charge in [-0.05, 0) is 20.2 Å². The highest BCUT2D eigenvalue weighted by Crippen LogP contribution is 2.29. The predicted molar refractivity (Wildman–Crippen MR) is 97.8 cm³/mol. The first kappa shape index (κ1) is 18.9. The van der Waals surface area contributed by atoms with Crippen LogP contribution < -0.4 is 21.5 Å². The fourth-order valence-electron chi connectivity index (χ4n) is 3.40. The minimum Gasteiger partial charge on any atom is -1.00 e. The lowest BCUT2D eigenvalue weighted by Crippen LogP contribution is -3.00. The second-order valence-electron chi connectivity index (χ2n) is 6.68. The van der Waals surface area contributed by atoms with Gasteiger partial charge < -0.3 is 26.4 Å². The van der Waals surface area contributed by atoms with Crippen LogP contribution in [-0.2, 0) is 13.1 Å². The molecule has 0 atom stereocenters. The summed E-state index contributed by atoms with van der Waals surface area (Å²) in [5.74, 6) is 0. The molecule has 0 radical (unpaired) electrons. The van der Waals surface area contributed by atoms with Gasteiger partial charge in [0, 0.05) is 48.8 Å². The van der Waals surface area contributed by atoms with Gasteiger partial charge in [-0.15, -0.1) is 0 Å². The van der Waals surface area contributed by atoms with Gasteiger partial charge in [-0.1, -0.05) is 31.5 Å². The van der Waals surface area contributed by atoms with Gasteiger partial charge in [-0.25, -0.2) is 4.57 Å². The maximum Gasteiger partial charge on any atom is 0.202 e. The van der Waals surface area contributed by atoms with Crippen molar-refractivity contribution in [3.05, 3.63) is 42.2 Å². The van der Waals surface area contributed by atoms with Crippen LogP contribution in [0.25, 0.3) is 21.8 Å². The molecule has 0 spiro atoms. The second-order valence-corrected chi connectivity index (χ2v) is 6.68. The molecule has 0 aliphatic heterocycles. The van der Waals surface area contributed by atoms with E-state index in [1.54, 1.807) is 0 Å². The second kappa shape index (κ2) is 8.13. The van der Waals surface area contributed by atoms with Crippen molar-refractivity contribution in [3.63, 3.8) is 0 Å². The molecule has 3 nitrogen and oxygen atoms in total. The maximum atomic E-state index is 2.50. The van der Waals surface area contributed by atoms with Crippen molar-refractivity contribution in [3.8, 4) is 0 Å². The van der Waals surface area contributed by atoms with Gasteiger partial charge in [0.1, 0.15) is 12.1 Å². The van der Waals surface area contributed by atoms with Crippen LogP contribution in [0.5, 0.6) is 0 Å². The van der Waals surface area contributed by atoms with Crippen molar-refractivity contribution in [1.29, 1.82) is 0 Å². The van der Waals surface area contributed by atoms with Crippen LogP contribution in [0.3, 0.4) is 0 Å². The molecule has 3 rings (SSSR count). The number of hydrogen-bond acceptors (Lipinski definition) is 1. The lowest BCUT2D eigenvalue weighted by molar-refractivity contribution is -0.701. The van der Waals surface area contributed by atoms with Crippen LogP contribution in [0.15, 0.2) is 36.5 Å². The molecule has 3 aromatic rings. The third-order valence-electron chi connectivity index (χ3n) is 4.73. The van der Waals surface area contributed by atoms with Crippen LogP contribution in [0, 0.1) is 6.92 Å². The minimum atomic E-state index is 0. The molecule has 0 N–H and O–H groups in total. The van der Waals surface area contributed by atoms with Gasteiger partial charge in [0.05, 0.1) is 0 Å². The van der Waals surface area contributed by atoms with E-state index >= 15 is 0 Å². The van der Waals surface area contributed by atoms with Crippen molar-refractivity contribution in [1.82, 2.24) is 9.47 Å². The van der Waals surface area contributed by atoms with Crippen molar-refractivity contribution >= 4 is 21.8 Å². The Kier molecular flexibility index (Phi) is 6.41. The van der Waals surface area contributed by atoms with E-state index in [-0.39, 0.29) is 17.0 Å². The molecule has 0 unspecified atom stereocenters.